The van der Waals surface area contributed by atoms with Gasteiger partial charge in [0.1, 0.15) is 0 Å². The van der Waals surface area contributed by atoms with Crippen LogP contribution in [0.15, 0.2) is 77.7 Å². The summed E-state index contributed by atoms with van der Waals surface area (Å²) in [6, 6.07) is 21.1. The van der Waals surface area contributed by atoms with Crippen LogP contribution in [0.3, 0.4) is 0 Å². The molecule has 0 bridgehead atoms. The number of carbonyl (C=O) groups is 1. The molecule has 0 aliphatic heterocycles. The van der Waals surface area contributed by atoms with E-state index in [-0.39, 0.29) is 29.2 Å². The van der Waals surface area contributed by atoms with E-state index in [1.807, 2.05) is 43.3 Å². The van der Waals surface area contributed by atoms with Gasteiger partial charge in [-0.25, -0.2) is 8.42 Å². The lowest BCUT2D eigenvalue weighted by molar-refractivity contribution is -0.117. The smallest absolute Gasteiger partial charge is 0.231 e. The van der Waals surface area contributed by atoms with E-state index in [0.29, 0.717) is 29.1 Å². The molecule has 0 aromatic heterocycles. The molecule has 3 aromatic rings. The number of nitrogens with one attached hydrogen (secondary N) is 1. The first-order valence-electron chi connectivity index (χ1n) is 10.9. The lowest BCUT2D eigenvalue weighted by atomic mass is 9.83. The summed E-state index contributed by atoms with van der Waals surface area (Å²) in [6.07, 6.45) is 0.887. The van der Waals surface area contributed by atoms with Gasteiger partial charge in [-0.05, 0) is 72.7 Å². The Bertz CT molecular complexity index is 1260. The van der Waals surface area contributed by atoms with Crippen molar-refractivity contribution in [2.45, 2.75) is 35.8 Å². The maximum Gasteiger partial charge on any atom is 0.231 e. The van der Waals surface area contributed by atoms with Crippen LogP contribution in [0.2, 0.25) is 5.02 Å². The first-order chi connectivity index (χ1) is 15.8. The number of benzene rings is 3. The predicted molar refractivity (Wildman–Crippen MR) is 130 cm³/mol. The summed E-state index contributed by atoms with van der Waals surface area (Å²) in [4.78, 5) is 13.0. The summed E-state index contributed by atoms with van der Waals surface area (Å²) >= 11 is 6.06. The zero-order valence-corrected chi connectivity index (χ0v) is 19.8. The predicted octanol–water partition coefficient (Wildman–Crippen LogP) is 5.15. The molecule has 1 aliphatic rings. The standard InChI is InChI=1S/C26H26ClNO4S/c1-17(19-6-3-2-4-7-19)26(30)28-22-11-10-20-12-18(16-29)13-25(24(20)15-22)33(31,32)23-9-5-8-21(27)14-23/h2-11,14-15,17-18,25,29H,12-13,16H2,1H3,(H,28,30)/t17-,18+,25?/m0/s1. The third-order valence-corrected chi connectivity index (χ3v) is 8.61. The molecule has 0 saturated heterocycles. The van der Waals surface area contributed by atoms with E-state index in [1.54, 1.807) is 24.3 Å². The van der Waals surface area contributed by atoms with Gasteiger partial charge in [0, 0.05) is 17.3 Å². The monoisotopic (exact) mass is 483 g/mol. The van der Waals surface area contributed by atoms with Gasteiger partial charge in [-0.15, -0.1) is 0 Å². The average molecular weight is 484 g/mol. The van der Waals surface area contributed by atoms with Crippen LogP contribution in [0.5, 0.6) is 0 Å². The van der Waals surface area contributed by atoms with Crippen molar-refractivity contribution in [2.75, 3.05) is 11.9 Å². The molecule has 4 rings (SSSR count). The zero-order chi connectivity index (χ0) is 23.6. The molecule has 3 aromatic carbocycles. The fraction of sp³-hybridized carbons (Fsp3) is 0.269. The topological polar surface area (TPSA) is 83.5 Å². The summed E-state index contributed by atoms with van der Waals surface area (Å²) in [7, 11) is -3.75. The number of sulfone groups is 1. The van der Waals surface area contributed by atoms with E-state index in [1.165, 1.54) is 12.1 Å². The molecule has 2 N–H and O–H groups in total. The second-order valence-electron chi connectivity index (χ2n) is 8.51. The largest absolute Gasteiger partial charge is 0.396 e. The second kappa shape index (κ2) is 9.67. The molecule has 0 heterocycles. The SMILES string of the molecule is C[C@H](C(=O)Nc1ccc2c(c1)C(S(=O)(=O)c1cccc(Cl)c1)C[C@H](CO)C2)c1ccccc1. The molecule has 0 radical (unpaired) electrons. The number of halogens is 1. The van der Waals surface area contributed by atoms with E-state index in [0.717, 1.165) is 11.1 Å². The van der Waals surface area contributed by atoms with Crippen molar-refractivity contribution in [3.05, 3.63) is 94.5 Å². The molecule has 1 aliphatic carbocycles. The van der Waals surface area contributed by atoms with Crippen molar-refractivity contribution in [3.8, 4) is 0 Å². The van der Waals surface area contributed by atoms with E-state index < -0.39 is 15.1 Å². The Morgan fingerprint density at radius 1 is 1.09 bits per heavy atom. The number of rotatable bonds is 6. The number of hydrogen-bond donors (Lipinski definition) is 2. The molecule has 0 spiro atoms. The summed E-state index contributed by atoms with van der Waals surface area (Å²) in [5, 5.41) is 12.2. The molecule has 0 saturated carbocycles. The van der Waals surface area contributed by atoms with E-state index in [4.69, 9.17) is 11.6 Å². The Balaban J connectivity index is 1.67. The van der Waals surface area contributed by atoms with Gasteiger partial charge < -0.3 is 10.4 Å². The minimum atomic E-state index is -3.75. The molecular formula is C26H26ClNO4S. The van der Waals surface area contributed by atoms with Crippen molar-refractivity contribution in [3.63, 3.8) is 0 Å². The van der Waals surface area contributed by atoms with Crippen LogP contribution >= 0.6 is 11.6 Å². The molecule has 1 unspecified atom stereocenters. The summed E-state index contributed by atoms with van der Waals surface area (Å²) < 4.78 is 27.1. The maximum atomic E-state index is 13.6. The molecule has 7 heteroatoms. The number of anilines is 1. The van der Waals surface area contributed by atoms with Gasteiger partial charge in [0.2, 0.25) is 5.91 Å². The molecular weight excluding hydrogens is 458 g/mol. The minimum Gasteiger partial charge on any atom is -0.396 e. The van der Waals surface area contributed by atoms with E-state index in [2.05, 4.69) is 5.32 Å². The van der Waals surface area contributed by atoms with Crippen LogP contribution < -0.4 is 5.32 Å². The average Bonchev–Trinajstić information content (AvgIpc) is 2.83. The molecule has 0 fully saturated rings. The van der Waals surface area contributed by atoms with E-state index >= 15 is 0 Å². The van der Waals surface area contributed by atoms with Gasteiger partial charge in [-0.2, -0.15) is 0 Å². The van der Waals surface area contributed by atoms with Gasteiger partial charge in [0.15, 0.2) is 9.84 Å². The number of aliphatic hydroxyl groups is 1. The molecule has 5 nitrogen and oxygen atoms in total. The number of carbonyl (C=O) groups excluding carboxylic acids is 1. The van der Waals surface area contributed by atoms with E-state index in [9.17, 15) is 18.3 Å². The van der Waals surface area contributed by atoms with Crippen LogP contribution in [0, 0.1) is 5.92 Å². The fourth-order valence-electron chi connectivity index (χ4n) is 4.37. The van der Waals surface area contributed by atoms with Gasteiger partial charge in [0.25, 0.3) is 0 Å². The molecule has 1 amide bonds. The lowest BCUT2D eigenvalue weighted by Crippen LogP contribution is -2.27. The Morgan fingerprint density at radius 3 is 2.55 bits per heavy atom. The second-order valence-corrected chi connectivity index (χ2v) is 11.1. The Kier molecular flexibility index (Phi) is 6.88. The van der Waals surface area contributed by atoms with Crippen molar-refractivity contribution in [2.24, 2.45) is 5.92 Å². The normalized spacial score (nSPS) is 18.9. The highest BCUT2D eigenvalue weighted by Crippen LogP contribution is 2.42. The zero-order valence-electron chi connectivity index (χ0n) is 18.2. The van der Waals surface area contributed by atoms with Gasteiger partial charge in [-0.1, -0.05) is 54.1 Å². The highest BCUT2D eigenvalue weighted by molar-refractivity contribution is 7.91. The van der Waals surface area contributed by atoms with Crippen LogP contribution in [-0.4, -0.2) is 26.0 Å². The number of hydrogen-bond acceptors (Lipinski definition) is 4. The Labute approximate surface area is 199 Å². The molecule has 172 valence electrons. The maximum absolute atomic E-state index is 13.6. The minimum absolute atomic E-state index is 0.0892. The van der Waals surface area contributed by atoms with Crippen LogP contribution in [0.4, 0.5) is 5.69 Å². The first-order valence-corrected chi connectivity index (χ1v) is 12.8. The van der Waals surface area contributed by atoms with Crippen molar-refractivity contribution < 1.29 is 18.3 Å². The molecule has 33 heavy (non-hydrogen) atoms. The number of amides is 1. The first kappa shape index (κ1) is 23.5. The summed E-state index contributed by atoms with van der Waals surface area (Å²) in [5.74, 6) is -0.679. The van der Waals surface area contributed by atoms with Crippen molar-refractivity contribution >= 4 is 33.0 Å². The fourth-order valence-corrected chi connectivity index (χ4v) is 6.59. The summed E-state index contributed by atoms with van der Waals surface area (Å²) in [5.41, 5.74) is 2.98. The Morgan fingerprint density at radius 2 is 1.85 bits per heavy atom. The van der Waals surface area contributed by atoms with Crippen LogP contribution in [0.1, 0.15) is 41.2 Å². The van der Waals surface area contributed by atoms with Crippen LogP contribution in [0.25, 0.3) is 0 Å². The highest BCUT2D eigenvalue weighted by atomic mass is 35.5. The Hall–Kier alpha value is -2.67. The highest BCUT2D eigenvalue weighted by Gasteiger charge is 2.37. The van der Waals surface area contributed by atoms with Crippen molar-refractivity contribution in [1.82, 2.24) is 0 Å². The molecule has 3 atom stereocenters. The third-order valence-electron chi connectivity index (χ3n) is 6.27. The quantitative estimate of drug-likeness (QED) is 0.507. The van der Waals surface area contributed by atoms with Gasteiger partial charge in [-0.3, -0.25) is 4.79 Å². The van der Waals surface area contributed by atoms with Gasteiger partial charge >= 0.3 is 0 Å². The number of fused-ring (bicyclic) bond motifs is 1. The third kappa shape index (κ3) is 4.98. The van der Waals surface area contributed by atoms with Crippen molar-refractivity contribution in [1.29, 1.82) is 0 Å². The lowest BCUT2D eigenvalue weighted by Gasteiger charge is -2.31. The number of aliphatic hydroxyl groups excluding tert-OH is 1. The van der Waals surface area contributed by atoms with Gasteiger partial charge in [0.05, 0.1) is 16.1 Å². The summed E-state index contributed by atoms with van der Waals surface area (Å²) in [6.45, 7) is 1.75. The van der Waals surface area contributed by atoms with Crippen LogP contribution in [-0.2, 0) is 21.1 Å².